The molecule has 0 N–H and O–H groups in total. The molecule has 1 aromatic heterocycles. The Bertz CT molecular complexity index is 388. The molecule has 0 spiro atoms. The van der Waals surface area contributed by atoms with Gasteiger partial charge < -0.3 is 9.64 Å². The predicted octanol–water partition coefficient (Wildman–Crippen LogP) is 3.38. The maximum Gasteiger partial charge on any atom is 0.0888 e. The van der Waals surface area contributed by atoms with Crippen LogP contribution in [0.25, 0.3) is 0 Å². The minimum Gasteiger partial charge on any atom is -0.374 e. The highest BCUT2D eigenvalue weighted by Gasteiger charge is 2.13. The molecule has 1 fully saturated rings. The molecule has 3 heteroatoms. The van der Waals surface area contributed by atoms with Gasteiger partial charge >= 0.3 is 0 Å². The highest BCUT2D eigenvalue weighted by atomic mass is 16.5. The number of hydrogen-bond acceptors (Lipinski definition) is 3. The summed E-state index contributed by atoms with van der Waals surface area (Å²) in [6.45, 7) is 11.6. The molecular weight excluding hydrogens is 248 g/mol. The van der Waals surface area contributed by atoms with E-state index in [1.54, 1.807) is 0 Å². The number of ether oxygens (including phenoxy) is 1. The molecule has 0 radical (unpaired) electrons. The van der Waals surface area contributed by atoms with Crippen LogP contribution in [0.5, 0.6) is 0 Å². The second-order valence-electron chi connectivity index (χ2n) is 6.74. The minimum atomic E-state index is 0.167. The van der Waals surface area contributed by atoms with E-state index in [0.29, 0.717) is 6.61 Å². The molecule has 1 saturated heterocycles. The van der Waals surface area contributed by atoms with E-state index in [0.717, 1.165) is 18.8 Å². The van der Waals surface area contributed by atoms with Gasteiger partial charge in [-0.25, -0.2) is 0 Å². The number of nitrogens with zero attached hydrogens (tertiary/aromatic N) is 2. The molecule has 1 aromatic rings. The quantitative estimate of drug-likeness (QED) is 0.771. The second-order valence-corrected chi connectivity index (χ2v) is 6.74. The lowest BCUT2D eigenvalue weighted by Gasteiger charge is -2.26. The first-order chi connectivity index (χ1) is 9.55. The van der Waals surface area contributed by atoms with Crippen molar-refractivity contribution in [2.45, 2.75) is 52.1 Å². The normalized spacial score (nSPS) is 17.4. The van der Waals surface area contributed by atoms with E-state index in [9.17, 15) is 0 Å². The molecule has 2 rings (SSSR count). The van der Waals surface area contributed by atoms with E-state index < -0.39 is 0 Å². The molecule has 0 aromatic carbocycles. The SMILES string of the molecule is CC(C)(C)c1ccc(COCCN2CCCCC2)nc1. The van der Waals surface area contributed by atoms with Gasteiger partial charge in [0.05, 0.1) is 18.9 Å². The third kappa shape index (κ3) is 4.88. The Hall–Kier alpha value is -0.930. The van der Waals surface area contributed by atoms with Crippen molar-refractivity contribution >= 4 is 0 Å². The monoisotopic (exact) mass is 276 g/mol. The summed E-state index contributed by atoms with van der Waals surface area (Å²) in [7, 11) is 0. The van der Waals surface area contributed by atoms with Crippen molar-refractivity contribution in [1.82, 2.24) is 9.88 Å². The van der Waals surface area contributed by atoms with Crippen molar-refractivity contribution in [3.63, 3.8) is 0 Å². The fraction of sp³-hybridized carbons (Fsp3) is 0.706. The zero-order chi connectivity index (χ0) is 14.4. The first kappa shape index (κ1) is 15.5. The number of rotatable bonds is 5. The van der Waals surface area contributed by atoms with Crippen molar-refractivity contribution in [1.29, 1.82) is 0 Å². The second kappa shape index (κ2) is 7.19. The maximum absolute atomic E-state index is 5.74. The number of pyridine rings is 1. The van der Waals surface area contributed by atoms with Gasteiger partial charge in [0.25, 0.3) is 0 Å². The fourth-order valence-corrected chi connectivity index (χ4v) is 2.51. The Labute approximate surface area is 123 Å². The summed E-state index contributed by atoms with van der Waals surface area (Å²) < 4.78 is 5.74. The van der Waals surface area contributed by atoms with Crippen LogP contribution in [0.1, 0.15) is 51.3 Å². The molecule has 0 saturated carbocycles. The average molecular weight is 276 g/mol. The predicted molar refractivity (Wildman–Crippen MR) is 82.9 cm³/mol. The van der Waals surface area contributed by atoms with Gasteiger partial charge in [0.2, 0.25) is 0 Å². The maximum atomic E-state index is 5.74. The molecule has 1 aliphatic rings. The molecule has 20 heavy (non-hydrogen) atoms. The van der Waals surface area contributed by atoms with E-state index >= 15 is 0 Å². The van der Waals surface area contributed by atoms with Gasteiger partial charge in [0.1, 0.15) is 0 Å². The number of hydrogen-bond donors (Lipinski definition) is 0. The Morgan fingerprint density at radius 2 is 1.90 bits per heavy atom. The molecule has 0 unspecified atom stereocenters. The van der Waals surface area contributed by atoms with Crippen LogP contribution in [-0.2, 0) is 16.8 Å². The van der Waals surface area contributed by atoms with E-state index in [2.05, 4.69) is 42.8 Å². The zero-order valence-corrected chi connectivity index (χ0v) is 13.2. The van der Waals surface area contributed by atoms with Crippen molar-refractivity contribution in [3.05, 3.63) is 29.6 Å². The van der Waals surface area contributed by atoms with Crippen molar-refractivity contribution in [2.24, 2.45) is 0 Å². The molecule has 0 aliphatic carbocycles. The van der Waals surface area contributed by atoms with Crippen LogP contribution < -0.4 is 0 Å². The third-order valence-electron chi connectivity index (χ3n) is 3.94. The van der Waals surface area contributed by atoms with Crippen LogP contribution in [0.15, 0.2) is 18.3 Å². The van der Waals surface area contributed by atoms with Gasteiger partial charge in [-0.1, -0.05) is 33.3 Å². The summed E-state index contributed by atoms with van der Waals surface area (Å²) in [5.41, 5.74) is 2.46. The first-order valence-corrected chi connectivity index (χ1v) is 7.81. The van der Waals surface area contributed by atoms with Crippen LogP contribution in [0.4, 0.5) is 0 Å². The fourth-order valence-electron chi connectivity index (χ4n) is 2.51. The summed E-state index contributed by atoms with van der Waals surface area (Å²) in [6, 6.07) is 4.25. The number of piperidine rings is 1. The Balaban J connectivity index is 1.68. The van der Waals surface area contributed by atoms with Crippen LogP contribution in [0, 0.1) is 0 Å². The van der Waals surface area contributed by atoms with E-state index in [4.69, 9.17) is 4.74 Å². The number of likely N-dealkylation sites (tertiary alicyclic amines) is 1. The standard InChI is InChI=1S/C17H28N2O/c1-17(2,3)15-7-8-16(18-13-15)14-20-12-11-19-9-5-4-6-10-19/h7-8,13H,4-6,9-12,14H2,1-3H3. The number of aromatic nitrogens is 1. The molecule has 0 atom stereocenters. The first-order valence-electron chi connectivity index (χ1n) is 7.81. The Morgan fingerprint density at radius 1 is 1.15 bits per heavy atom. The average Bonchev–Trinajstić information content (AvgIpc) is 2.44. The van der Waals surface area contributed by atoms with Crippen LogP contribution >= 0.6 is 0 Å². The van der Waals surface area contributed by atoms with E-state index in [-0.39, 0.29) is 5.41 Å². The molecule has 112 valence electrons. The van der Waals surface area contributed by atoms with Gasteiger partial charge in [-0.2, -0.15) is 0 Å². The van der Waals surface area contributed by atoms with Crippen molar-refractivity contribution in [3.8, 4) is 0 Å². The lowest BCUT2D eigenvalue weighted by molar-refractivity contribution is 0.0845. The topological polar surface area (TPSA) is 25.4 Å². The Morgan fingerprint density at radius 3 is 2.50 bits per heavy atom. The lowest BCUT2D eigenvalue weighted by Crippen LogP contribution is -2.32. The van der Waals surface area contributed by atoms with Crippen molar-refractivity contribution < 1.29 is 4.74 Å². The van der Waals surface area contributed by atoms with Crippen LogP contribution in [0.2, 0.25) is 0 Å². The third-order valence-corrected chi connectivity index (χ3v) is 3.94. The highest BCUT2D eigenvalue weighted by molar-refractivity contribution is 5.20. The molecule has 0 amide bonds. The molecule has 2 heterocycles. The Kier molecular flexibility index (Phi) is 5.55. The summed E-state index contributed by atoms with van der Waals surface area (Å²) in [4.78, 5) is 6.99. The van der Waals surface area contributed by atoms with Gasteiger partial charge in [0.15, 0.2) is 0 Å². The largest absolute Gasteiger partial charge is 0.374 e. The lowest BCUT2D eigenvalue weighted by atomic mass is 9.88. The summed E-state index contributed by atoms with van der Waals surface area (Å²) >= 11 is 0. The van der Waals surface area contributed by atoms with Gasteiger partial charge in [-0.3, -0.25) is 4.98 Å². The summed E-state index contributed by atoms with van der Waals surface area (Å²) in [6.07, 6.45) is 6.05. The summed E-state index contributed by atoms with van der Waals surface area (Å²) in [5.74, 6) is 0. The smallest absolute Gasteiger partial charge is 0.0888 e. The van der Waals surface area contributed by atoms with Gasteiger partial charge in [-0.05, 0) is 43.0 Å². The molecule has 3 nitrogen and oxygen atoms in total. The highest BCUT2D eigenvalue weighted by Crippen LogP contribution is 2.21. The van der Waals surface area contributed by atoms with E-state index in [1.165, 1.54) is 37.9 Å². The van der Waals surface area contributed by atoms with Crippen LogP contribution in [-0.4, -0.2) is 36.1 Å². The zero-order valence-electron chi connectivity index (χ0n) is 13.2. The molecule has 0 bridgehead atoms. The summed E-state index contributed by atoms with van der Waals surface area (Å²) in [5, 5.41) is 0. The molecular formula is C17H28N2O. The van der Waals surface area contributed by atoms with E-state index in [1.807, 2.05) is 6.20 Å². The van der Waals surface area contributed by atoms with Crippen LogP contribution in [0.3, 0.4) is 0 Å². The van der Waals surface area contributed by atoms with Gasteiger partial charge in [0, 0.05) is 12.7 Å². The minimum absolute atomic E-state index is 0.167. The van der Waals surface area contributed by atoms with Gasteiger partial charge in [-0.15, -0.1) is 0 Å². The van der Waals surface area contributed by atoms with Crippen molar-refractivity contribution in [2.75, 3.05) is 26.2 Å². The molecule has 1 aliphatic heterocycles.